The molecule has 0 aromatic heterocycles. The number of hydrogen-bond acceptors (Lipinski definition) is 4. The van der Waals surface area contributed by atoms with Crippen molar-refractivity contribution >= 4 is 18.3 Å². The lowest BCUT2D eigenvalue weighted by Gasteiger charge is -2.22. The fourth-order valence-corrected chi connectivity index (χ4v) is 1.32. The summed E-state index contributed by atoms with van der Waals surface area (Å²) < 4.78 is 5.66. The van der Waals surface area contributed by atoms with Crippen LogP contribution in [0.4, 0.5) is 5.69 Å². The van der Waals surface area contributed by atoms with E-state index in [9.17, 15) is 10.1 Å². The van der Waals surface area contributed by atoms with E-state index in [1.54, 1.807) is 13.0 Å². The van der Waals surface area contributed by atoms with Crippen molar-refractivity contribution in [3.05, 3.63) is 33.9 Å². The average Bonchev–Trinajstić information content (AvgIpc) is 2.27. The van der Waals surface area contributed by atoms with E-state index in [1.165, 1.54) is 12.1 Å². The molecule has 0 unspecified atom stereocenters. The lowest BCUT2D eigenvalue weighted by atomic mass is 9.98. The first-order valence-electron chi connectivity index (χ1n) is 5.34. The summed E-state index contributed by atoms with van der Waals surface area (Å²) in [6.45, 7) is 6.45. The lowest BCUT2D eigenvalue weighted by molar-refractivity contribution is -0.384. The molecule has 0 N–H and O–H groups in total. The molecule has 0 aliphatic carbocycles. The molecule has 0 aliphatic rings. The maximum Gasteiger partial charge on any atom is 0.269 e. The summed E-state index contributed by atoms with van der Waals surface area (Å²) in [4.78, 5) is 10.2. The van der Waals surface area contributed by atoms with E-state index in [4.69, 9.17) is 4.74 Å². The van der Waals surface area contributed by atoms with E-state index in [2.05, 4.69) is 26.5 Å². The van der Waals surface area contributed by atoms with Crippen LogP contribution < -0.4 is 4.74 Å². The van der Waals surface area contributed by atoms with Gasteiger partial charge < -0.3 is 4.74 Å². The van der Waals surface area contributed by atoms with Crippen LogP contribution in [0.2, 0.25) is 0 Å². The Labute approximate surface area is 107 Å². The summed E-state index contributed by atoms with van der Waals surface area (Å²) in [5, 5.41) is 10.6. The predicted octanol–water partition coefficient (Wildman–Crippen LogP) is 3.24. The maximum atomic E-state index is 10.6. The second-order valence-corrected chi connectivity index (χ2v) is 5.13. The van der Waals surface area contributed by atoms with Gasteiger partial charge in [-0.3, -0.25) is 10.1 Å². The number of nitro benzene ring substituents is 1. The average molecular weight is 255 g/mol. The quantitative estimate of drug-likeness (QED) is 0.499. The third-order valence-corrected chi connectivity index (χ3v) is 3.27. The highest BCUT2D eigenvalue weighted by atomic mass is 32.1. The summed E-state index contributed by atoms with van der Waals surface area (Å²) in [6, 6.07) is 4.61. The lowest BCUT2D eigenvalue weighted by Crippen LogP contribution is -2.23. The summed E-state index contributed by atoms with van der Waals surface area (Å²) in [5.41, 5.74) is 0.842. The molecule has 1 aromatic rings. The number of benzene rings is 1. The minimum atomic E-state index is -0.408. The van der Waals surface area contributed by atoms with Gasteiger partial charge in [0.15, 0.2) is 0 Å². The molecule has 0 fully saturated rings. The van der Waals surface area contributed by atoms with Gasteiger partial charge in [0.05, 0.1) is 11.5 Å². The predicted molar refractivity (Wildman–Crippen MR) is 71.0 cm³/mol. The Kier molecular flexibility index (Phi) is 4.40. The second kappa shape index (κ2) is 5.40. The van der Waals surface area contributed by atoms with E-state index in [0.717, 1.165) is 11.3 Å². The summed E-state index contributed by atoms with van der Waals surface area (Å²) in [7, 11) is 0. The summed E-state index contributed by atoms with van der Waals surface area (Å²) in [6.07, 6.45) is 0. The molecular formula is C12H17NO3S. The zero-order valence-corrected chi connectivity index (χ0v) is 11.2. The molecule has 0 atom stereocenters. The molecule has 0 aliphatic heterocycles. The third-order valence-electron chi connectivity index (χ3n) is 2.42. The first-order valence-corrected chi connectivity index (χ1v) is 5.98. The highest BCUT2D eigenvalue weighted by molar-refractivity contribution is 7.80. The van der Waals surface area contributed by atoms with Gasteiger partial charge in [-0.15, -0.1) is 0 Å². The van der Waals surface area contributed by atoms with Crippen LogP contribution in [0.3, 0.4) is 0 Å². The second-order valence-electron chi connectivity index (χ2n) is 4.82. The van der Waals surface area contributed by atoms with Crippen LogP contribution in [-0.2, 0) is 0 Å². The molecule has 0 spiro atoms. The van der Waals surface area contributed by atoms with Gasteiger partial charge in [-0.1, -0.05) is 13.8 Å². The van der Waals surface area contributed by atoms with Crippen molar-refractivity contribution in [1.82, 2.24) is 0 Å². The largest absolute Gasteiger partial charge is 0.493 e. The van der Waals surface area contributed by atoms with Crippen LogP contribution in [0.25, 0.3) is 0 Å². The van der Waals surface area contributed by atoms with Gasteiger partial charge in [-0.25, -0.2) is 0 Å². The van der Waals surface area contributed by atoms with Gasteiger partial charge in [0.2, 0.25) is 0 Å². The molecule has 0 amide bonds. The molecule has 0 bridgehead atoms. The zero-order valence-electron chi connectivity index (χ0n) is 10.3. The SMILES string of the molecule is Cc1cc([N+](=O)[O-])ccc1OCC(C)(C)CS. The smallest absolute Gasteiger partial charge is 0.269 e. The third kappa shape index (κ3) is 3.93. The van der Waals surface area contributed by atoms with Crippen molar-refractivity contribution in [2.24, 2.45) is 5.41 Å². The van der Waals surface area contributed by atoms with Gasteiger partial charge >= 0.3 is 0 Å². The van der Waals surface area contributed by atoms with Crippen LogP contribution in [0.1, 0.15) is 19.4 Å². The maximum absolute atomic E-state index is 10.6. The fraction of sp³-hybridized carbons (Fsp3) is 0.500. The summed E-state index contributed by atoms with van der Waals surface area (Å²) >= 11 is 4.25. The molecule has 0 radical (unpaired) electrons. The monoisotopic (exact) mass is 255 g/mol. The molecule has 17 heavy (non-hydrogen) atoms. The van der Waals surface area contributed by atoms with Crippen LogP contribution in [-0.4, -0.2) is 17.3 Å². The van der Waals surface area contributed by atoms with Crippen LogP contribution in [0.15, 0.2) is 18.2 Å². The normalized spacial score (nSPS) is 11.3. The van der Waals surface area contributed by atoms with Gasteiger partial charge in [-0.05, 0) is 24.3 Å². The minimum absolute atomic E-state index is 0.0165. The van der Waals surface area contributed by atoms with Crippen LogP contribution >= 0.6 is 12.6 Å². The molecule has 0 saturated carbocycles. The molecule has 5 heteroatoms. The number of ether oxygens (including phenoxy) is 1. The number of aryl methyl sites for hydroxylation is 1. The van der Waals surface area contributed by atoms with Gasteiger partial charge in [0.25, 0.3) is 5.69 Å². The van der Waals surface area contributed by atoms with Gasteiger partial charge in [-0.2, -0.15) is 12.6 Å². The Balaban J connectivity index is 2.77. The van der Waals surface area contributed by atoms with E-state index < -0.39 is 4.92 Å². The number of rotatable bonds is 5. The Morgan fingerprint density at radius 2 is 2.12 bits per heavy atom. The highest BCUT2D eigenvalue weighted by Crippen LogP contribution is 2.25. The van der Waals surface area contributed by atoms with Crippen molar-refractivity contribution < 1.29 is 9.66 Å². The van der Waals surface area contributed by atoms with E-state index in [-0.39, 0.29) is 11.1 Å². The number of nitrogens with zero attached hydrogens (tertiary/aromatic N) is 1. The first-order chi connectivity index (χ1) is 7.85. The Hall–Kier alpha value is -1.23. The Morgan fingerprint density at radius 1 is 1.47 bits per heavy atom. The molecule has 94 valence electrons. The van der Waals surface area contributed by atoms with E-state index in [0.29, 0.717) is 12.4 Å². The van der Waals surface area contributed by atoms with E-state index in [1.807, 2.05) is 0 Å². The minimum Gasteiger partial charge on any atom is -0.493 e. The van der Waals surface area contributed by atoms with Crippen molar-refractivity contribution in [2.45, 2.75) is 20.8 Å². The van der Waals surface area contributed by atoms with Crippen molar-refractivity contribution in [3.63, 3.8) is 0 Å². The molecule has 1 aromatic carbocycles. The van der Waals surface area contributed by atoms with Crippen molar-refractivity contribution in [3.8, 4) is 5.75 Å². The first kappa shape index (κ1) is 13.8. The molecule has 4 nitrogen and oxygen atoms in total. The fourth-order valence-electron chi connectivity index (χ4n) is 1.23. The number of non-ortho nitro benzene ring substituents is 1. The Morgan fingerprint density at radius 3 is 2.59 bits per heavy atom. The topological polar surface area (TPSA) is 52.4 Å². The standard InChI is InChI=1S/C12H17NO3S/c1-9-6-10(13(14)15)4-5-11(9)16-7-12(2,3)8-17/h4-6,17H,7-8H2,1-3H3. The number of hydrogen-bond donors (Lipinski definition) is 1. The van der Waals surface area contributed by atoms with Crippen LogP contribution in [0.5, 0.6) is 5.75 Å². The van der Waals surface area contributed by atoms with Crippen molar-refractivity contribution in [1.29, 1.82) is 0 Å². The molecule has 0 heterocycles. The zero-order chi connectivity index (χ0) is 13.1. The molecule has 1 rings (SSSR count). The number of nitro groups is 1. The van der Waals surface area contributed by atoms with Gasteiger partial charge in [0.1, 0.15) is 5.75 Å². The molecule has 0 saturated heterocycles. The van der Waals surface area contributed by atoms with Crippen molar-refractivity contribution in [2.75, 3.05) is 12.4 Å². The van der Waals surface area contributed by atoms with Crippen LogP contribution in [0, 0.1) is 22.5 Å². The highest BCUT2D eigenvalue weighted by Gasteiger charge is 2.17. The van der Waals surface area contributed by atoms with Gasteiger partial charge in [0, 0.05) is 17.5 Å². The number of thiol groups is 1. The van der Waals surface area contributed by atoms with E-state index >= 15 is 0 Å². The Bertz CT molecular complexity index is 418. The summed E-state index contributed by atoms with van der Waals surface area (Å²) in [5.74, 6) is 1.41. The molecular weight excluding hydrogens is 238 g/mol.